The van der Waals surface area contributed by atoms with Crippen LogP contribution >= 0.6 is 0 Å². The lowest BCUT2D eigenvalue weighted by atomic mass is 10.1. The Morgan fingerprint density at radius 2 is 2.00 bits per heavy atom. The van der Waals surface area contributed by atoms with Crippen LogP contribution in [0, 0.1) is 0 Å². The lowest BCUT2D eigenvalue weighted by Gasteiger charge is -2.32. The maximum Gasteiger partial charge on any atom is 0.230 e. The summed E-state index contributed by atoms with van der Waals surface area (Å²) in [7, 11) is 0. The van der Waals surface area contributed by atoms with Gasteiger partial charge >= 0.3 is 0 Å². The standard InChI is InChI=1S/C18H24N6O/c1-2-14(20-15-7-8-19-17(21-15)12-3-4-12)10-24(9-1)11-16-22-23-18(25-16)13-5-6-13/h7-8,12-14H,1-6,9-11H2,(H,19,20,21). The van der Waals surface area contributed by atoms with Crippen LogP contribution in [0.2, 0.25) is 0 Å². The molecule has 2 aromatic heterocycles. The van der Waals surface area contributed by atoms with Crippen LogP contribution in [0.25, 0.3) is 0 Å². The number of piperidine rings is 1. The van der Waals surface area contributed by atoms with Gasteiger partial charge in [-0.25, -0.2) is 9.97 Å². The predicted molar refractivity (Wildman–Crippen MR) is 92.2 cm³/mol. The summed E-state index contributed by atoms with van der Waals surface area (Å²) in [6.07, 6.45) is 9.05. The van der Waals surface area contributed by atoms with E-state index in [0.29, 0.717) is 17.9 Å². The number of nitrogens with one attached hydrogen (secondary N) is 1. The molecule has 3 fully saturated rings. The fourth-order valence-corrected chi connectivity index (χ4v) is 3.54. The van der Waals surface area contributed by atoms with Crippen molar-refractivity contribution in [2.24, 2.45) is 0 Å². The molecule has 3 aliphatic rings. The van der Waals surface area contributed by atoms with E-state index in [1.54, 1.807) is 0 Å². The van der Waals surface area contributed by atoms with Gasteiger partial charge in [-0.05, 0) is 51.1 Å². The predicted octanol–water partition coefficient (Wildman–Crippen LogP) is 2.69. The summed E-state index contributed by atoms with van der Waals surface area (Å²) < 4.78 is 5.81. The van der Waals surface area contributed by atoms with Crippen LogP contribution in [-0.4, -0.2) is 44.2 Å². The van der Waals surface area contributed by atoms with Gasteiger partial charge in [-0.15, -0.1) is 10.2 Å². The van der Waals surface area contributed by atoms with Crippen molar-refractivity contribution >= 4 is 5.82 Å². The molecule has 0 spiro atoms. The summed E-state index contributed by atoms with van der Waals surface area (Å²) in [6, 6.07) is 2.38. The van der Waals surface area contributed by atoms with Gasteiger partial charge in [-0.1, -0.05) is 0 Å². The van der Waals surface area contributed by atoms with Crippen molar-refractivity contribution in [3.63, 3.8) is 0 Å². The number of anilines is 1. The van der Waals surface area contributed by atoms with E-state index in [1.165, 1.54) is 32.1 Å². The van der Waals surface area contributed by atoms with Crippen molar-refractivity contribution in [3.8, 4) is 0 Å². The van der Waals surface area contributed by atoms with E-state index in [-0.39, 0.29) is 0 Å². The Kier molecular flexibility index (Phi) is 3.88. The molecule has 2 saturated carbocycles. The molecular weight excluding hydrogens is 316 g/mol. The van der Waals surface area contributed by atoms with Crippen molar-refractivity contribution in [2.75, 3.05) is 18.4 Å². The summed E-state index contributed by atoms with van der Waals surface area (Å²) in [4.78, 5) is 11.5. The molecule has 7 heteroatoms. The van der Waals surface area contributed by atoms with Crippen molar-refractivity contribution in [1.82, 2.24) is 25.1 Å². The molecule has 0 bridgehead atoms. The number of hydrogen-bond donors (Lipinski definition) is 1. The van der Waals surface area contributed by atoms with Gasteiger partial charge in [0.15, 0.2) is 0 Å². The first kappa shape index (κ1) is 15.3. The molecular formula is C18H24N6O. The van der Waals surface area contributed by atoms with Gasteiger partial charge in [0.1, 0.15) is 11.6 Å². The Hall–Kier alpha value is -2.02. The molecule has 7 nitrogen and oxygen atoms in total. The number of nitrogens with zero attached hydrogens (tertiary/aromatic N) is 5. The molecule has 3 heterocycles. The number of rotatable bonds is 6. The van der Waals surface area contributed by atoms with E-state index in [9.17, 15) is 0 Å². The molecule has 0 aromatic carbocycles. The quantitative estimate of drug-likeness (QED) is 0.866. The van der Waals surface area contributed by atoms with Gasteiger partial charge in [-0.2, -0.15) is 0 Å². The molecule has 1 atom stereocenters. The normalized spacial score (nSPS) is 24.4. The van der Waals surface area contributed by atoms with Crippen LogP contribution in [0.15, 0.2) is 16.7 Å². The molecule has 0 amide bonds. The van der Waals surface area contributed by atoms with Crippen LogP contribution < -0.4 is 5.32 Å². The zero-order valence-electron chi connectivity index (χ0n) is 14.4. The summed E-state index contributed by atoms with van der Waals surface area (Å²) in [5.74, 6) is 4.64. The third kappa shape index (κ3) is 3.66. The third-order valence-corrected chi connectivity index (χ3v) is 5.24. The van der Waals surface area contributed by atoms with Gasteiger partial charge in [0, 0.05) is 30.6 Å². The highest BCUT2D eigenvalue weighted by Gasteiger charge is 2.30. The lowest BCUT2D eigenvalue weighted by molar-refractivity contribution is 0.189. The first-order chi connectivity index (χ1) is 12.3. The average molecular weight is 340 g/mol. The van der Waals surface area contributed by atoms with Crippen LogP contribution in [0.1, 0.15) is 68.0 Å². The molecule has 0 radical (unpaired) electrons. The summed E-state index contributed by atoms with van der Waals surface area (Å²) >= 11 is 0. The van der Waals surface area contributed by atoms with Crippen molar-refractivity contribution < 1.29 is 4.42 Å². The fourth-order valence-electron chi connectivity index (χ4n) is 3.54. The van der Waals surface area contributed by atoms with Crippen LogP contribution in [0.5, 0.6) is 0 Å². The highest BCUT2D eigenvalue weighted by molar-refractivity contribution is 5.35. The van der Waals surface area contributed by atoms with Gasteiger partial charge in [-0.3, -0.25) is 4.90 Å². The zero-order valence-corrected chi connectivity index (χ0v) is 14.4. The van der Waals surface area contributed by atoms with E-state index in [1.807, 2.05) is 12.3 Å². The molecule has 5 rings (SSSR count). The Morgan fingerprint density at radius 1 is 1.12 bits per heavy atom. The van der Waals surface area contributed by atoms with E-state index < -0.39 is 0 Å². The van der Waals surface area contributed by atoms with Crippen LogP contribution in [-0.2, 0) is 6.54 Å². The fraction of sp³-hybridized carbons (Fsp3) is 0.667. The van der Waals surface area contributed by atoms with Gasteiger partial charge in [0.05, 0.1) is 6.54 Å². The molecule has 1 unspecified atom stereocenters. The number of hydrogen-bond acceptors (Lipinski definition) is 7. The first-order valence-electron chi connectivity index (χ1n) is 9.47. The smallest absolute Gasteiger partial charge is 0.230 e. The molecule has 1 aliphatic heterocycles. The van der Waals surface area contributed by atoms with Crippen LogP contribution in [0.4, 0.5) is 5.82 Å². The van der Waals surface area contributed by atoms with Crippen molar-refractivity contribution in [2.45, 2.75) is 62.9 Å². The van der Waals surface area contributed by atoms with Gasteiger partial charge in [0.2, 0.25) is 11.8 Å². The topological polar surface area (TPSA) is 80.0 Å². The largest absolute Gasteiger partial charge is 0.424 e. The summed E-state index contributed by atoms with van der Waals surface area (Å²) in [6.45, 7) is 2.80. The Morgan fingerprint density at radius 3 is 2.84 bits per heavy atom. The van der Waals surface area contributed by atoms with Gasteiger partial charge in [0.25, 0.3) is 0 Å². The Labute approximate surface area is 147 Å². The van der Waals surface area contributed by atoms with E-state index in [2.05, 4.69) is 30.4 Å². The van der Waals surface area contributed by atoms with Crippen molar-refractivity contribution in [3.05, 3.63) is 29.9 Å². The second kappa shape index (κ2) is 6.37. The summed E-state index contributed by atoms with van der Waals surface area (Å²) in [5, 5.41) is 12.0. The maximum atomic E-state index is 5.81. The molecule has 2 aromatic rings. The molecule has 1 saturated heterocycles. The minimum atomic E-state index is 0.404. The van der Waals surface area contributed by atoms with E-state index >= 15 is 0 Å². The van der Waals surface area contributed by atoms with Gasteiger partial charge < -0.3 is 9.73 Å². The van der Waals surface area contributed by atoms with Crippen molar-refractivity contribution in [1.29, 1.82) is 0 Å². The van der Waals surface area contributed by atoms with E-state index in [4.69, 9.17) is 4.42 Å². The molecule has 132 valence electrons. The zero-order chi connectivity index (χ0) is 16.6. The highest BCUT2D eigenvalue weighted by atomic mass is 16.4. The SMILES string of the molecule is c1cc(NC2CCCN(Cc3nnc(C4CC4)o3)C2)nc(C2CC2)n1. The second-order valence-corrected chi connectivity index (χ2v) is 7.60. The first-order valence-corrected chi connectivity index (χ1v) is 9.47. The molecule has 25 heavy (non-hydrogen) atoms. The Bertz CT molecular complexity index is 739. The maximum absolute atomic E-state index is 5.81. The average Bonchev–Trinajstić information content (AvgIpc) is 3.54. The highest BCUT2D eigenvalue weighted by Crippen LogP contribution is 2.39. The second-order valence-electron chi connectivity index (χ2n) is 7.60. The monoisotopic (exact) mass is 340 g/mol. The number of aromatic nitrogens is 4. The van der Waals surface area contributed by atoms with E-state index in [0.717, 1.165) is 49.5 Å². The third-order valence-electron chi connectivity index (χ3n) is 5.24. The molecule has 2 aliphatic carbocycles. The number of likely N-dealkylation sites (tertiary alicyclic amines) is 1. The van der Waals surface area contributed by atoms with Crippen LogP contribution in [0.3, 0.4) is 0 Å². The Balaban J connectivity index is 1.19. The minimum absolute atomic E-state index is 0.404. The summed E-state index contributed by atoms with van der Waals surface area (Å²) in [5.41, 5.74) is 0. The molecule has 1 N–H and O–H groups in total. The lowest BCUT2D eigenvalue weighted by Crippen LogP contribution is -2.41. The minimum Gasteiger partial charge on any atom is -0.424 e.